The molecule has 1 aliphatic rings. The normalized spacial score (nSPS) is 15.2. The van der Waals surface area contributed by atoms with Crippen molar-refractivity contribution in [2.45, 2.75) is 6.42 Å². The largest absolute Gasteiger partial charge is 0.369 e. The van der Waals surface area contributed by atoms with Crippen LogP contribution in [0.15, 0.2) is 59.7 Å². The Labute approximate surface area is 161 Å². The van der Waals surface area contributed by atoms with Gasteiger partial charge in [-0.1, -0.05) is 30.3 Å². The fourth-order valence-electron chi connectivity index (χ4n) is 3.70. The lowest BCUT2D eigenvalue weighted by Crippen LogP contribution is -2.64. The Morgan fingerprint density at radius 3 is 2.54 bits per heavy atom. The second kappa shape index (κ2) is 6.60. The quantitative estimate of drug-likeness (QED) is 0.737. The summed E-state index contributed by atoms with van der Waals surface area (Å²) in [4.78, 5) is 42.9. The molecule has 28 heavy (non-hydrogen) atoms. The van der Waals surface area contributed by atoms with E-state index in [2.05, 4.69) is 4.98 Å². The van der Waals surface area contributed by atoms with Crippen LogP contribution in [0.4, 0.5) is 0 Å². The molecule has 2 N–H and O–H groups in total. The van der Waals surface area contributed by atoms with Crippen LogP contribution in [0.5, 0.6) is 0 Å². The van der Waals surface area contributed by atoms with Crippen LogP contribution < -0.4 is 11.3 Å². The van der Waals surface area contributed by atoms with E-state index in [1.165, 1.54) is 10.9 Å². The average Bonchev–Trinajstić information content (AvgIpc) is 2.67. The predicted octanol–water partition coefficient (Wildman–Crippen LogP) is 1.10. The highest BCUT2D eigenvalue weighted by atomic mass is 16.2. The lowest BCUT2D eigenvalue weighted by atomic mass is 9.74. The zero-order valence-electron chi connectivity index (χ0n) is 15.5. The number of nitrogens with two attached hydrogens (primary N) is 1. The predicted molar refractivity (Wildman–Crippen MR) is 105 cm³/mol. The van der Waals surface area contributed by atoms with E-state index in [9.17, 15) is 14.4 Å². The number of hydrogen-bond donors (Lipinski definition) is 1. The van der Waals surface area contributed by atoms with Gasteiger partial charge in [-0.25, -0.2) is 4.98 Å². The third-order valence-corrected chi connectivity index (χ3v) is 5.35. The molecule has 2 amide bonds. The van der Waals surface area contributed by atoms with Crippen LogP contribution in [0.25, 0.3) is 10.9 Å². The van der Waals surface area contributed by atoms with Gasteiger partial charge in [-0.3, -0.25) is 14.4 Å². The molecule has 0 atom stereocenters. The zero-order chi connectivity index (χ0) is 19.9. The minimum atomic E-state index is -0.748. The lowest BCUT2D eigenvalue weighted by Gasteiger charge is -2.48. The molecule has 0 radical (unpaired) electrons. The first-order valence-corrected chi connectivity index (χ1v) is 8.98. The monoisotopic (exact) mass is 376 g/mol. The molecule has 2 heterocycles. The highest BCUT2D eigenvalue weighted by molar-refractivity contribution is 5.99. The highest BCUT2D eigenvalue weighted by Crippen LogP contribution is 2.35. The molecule has 0 unspecified atom stereocenters. The second-order valence-corrected chi connectivity index (χ2v) is 7.36. The van der Waals surface area contributed by atoms with Crippen molar-refractivity contribution >= 4 is 22.7 Å². The molecular weight excluding hydrogens is 356 g/mol. The lowest BCUT2D eigenvalue weighted by molar-refractivity contribution is -0.135. The molecule has 3 aromatic rings. The Morgan fingerprint density at radius 2 is 1.86 bits per heavy atom. The number of rotatable bonds is 4. The van der Waals surface area contributed by atoms with Crippen LogP contribution in [-0.2, 0) is 18.3 Å². The number of hydrogen-bond acceptors (Lipinski definition) is 4. The van der Waals surface area contributed by atoms with Crippen molar-refractivity contribution in [3.05, 3.63) is 76.3 Å². The maximum atomic E-state index is 12.8. The van der Waals surface area contributed by atoms with Crippen molar-refractivity contribution in [1.82, 2.24) is 14.5 Å². The van der Waals surface area contributed by atoms with Gasteiger partial charge in [-0.15, -0.1) is 0 Å². The summed E-state index contributed by atoms with van der Waals surface area (Å²) in [6, 6.07) is 14.5. The first-order chi connectivity index (χ1) is 13.4. The summed E-state index contributed by atoms with van der Waals surface area (Å²) in [5.41, 5.74) is 6.67. The Hall–Kier alpha value is -3.48. The van der Waals surface area contributed by atoms with Crippen LogP contribution in [0, 0.1) is 5.41 Å². The number of benzene rings is 2. The number of nitrogens with zero attached hydrogens (tertiary/aromatic N) is 3. The SMILES string of the molecule is Cn1cnc2cc(C(=O)N3CC(Cc4ccccc4)(C(N)=O)C3)ccc2c1=O. The van der Waals surface area contributed by atoms with Crippen LogP contribution in [0.1, 0.15) is 15.9 Å². The Morgan fingerprint density at radius 1 is 1.14 bits per heavy atom. The van der Waals surface area contributed by atoms with Crippen LogP contribution in [0.2, 0.25) is 0 Å². The van der Waals surface area contributed by atoms with Crippen molar-refractivity contribution in [2.75, 3.05) is 13.1 Å². The molecule has 0 bridgehead atoms. The molecule has 2 aromatic carbocycles. The molecule has 7 heteroatoms. The summed E-state index contributed by atoms with van der Waals surface area (Å²) in [5.74, 6) is -0.599. The number of aryl methyl sites for hydroxylation is 1. The summed E-state index contributed by atoms with van der Waals surface area (Å²) in [6.45, 7) is 0.552. The van der Waals surface area contributed by atoms with Crippen molar-refractivity contribution in [3.8, 4) is 0 Å². The Kier molecular flexibility index (Phi) is 4.22. The summed E-state index contributed by atoms with van der Waals surface area (Å²) in [6.07, 6.45) is 1.93. The van der Waals surface area contributed by atoms with Crippen LogP contribution in [0.3, 0.4) is 0 Å². The number of aromatic nitrogens is 2. The standard InChI is InChI=1S/C21H20N4O3/c1-24-13-23-17-9-15(7-8-16(17)19(24)27)18(26)25-11-21(12-25,20(22)28)10-14-5-3-2-4-6-14/h2-9,13H,10-12H2,1H3,(H2,22,28). The summed E-state index contributed by atoms with van der Waals surface area (Å²) in [5, 5.41) is 0.459. The molecule has 0 aliphatic carbocycles. The fourth-order valence-corrected chi connectivity index (χ4v) is 3.70. The highest BCUT2D eigenvalue weighted by Gasteiger charge is 2.49. The maximum Gasteiger partial charge on any atom is 0.260 e. The van der Waals surface area contributed by atoms with E-state index in [4.69, 9.17) is 5.73 Å². The van der Waals surface area contributed by atoms with Gasteiger partial charge in [0.05, 0.1) is 22.6 Å². The van der Waals surface area contributed by atoms with Crippen molar-refractivity contribution in [2.24, 2.45) is 18.2 Å². The third kappa shape index (κ3) is 2.94. The molecule has 1 saturated heterocycles. The smallest absolute Gasteiger partial charge is 0.260 e. The van der Waals surface area contributed by atoms with Crippen molar-refractivity contribution in [3.63, 3.8) is 0 Å². The summed E-state index contributed by atoms with van der Waals surface area (Å²) < 4.78 is 1.39. The van der Waals surface area contributed by atoms with Gasteiger partial charge in [0, 0.05) is 25.7 Å². The van der Waals surface area contributed by atoms with E-state index in [1.54, 1.807) is 30.1 Å². The van der Waals surface area contributed by atoms with E-state index in [-0.39, 0.29) is 24.6 Å². The van der Waals surface area contributed by atoms with Gasteiger partial charge in [-0.2, -0.15) is 0 Å². The summed E-state index contributed by atoms with van der Waals surface area (Å²) in [7, 11) is 1.63. The molecule has 4 rings (SSSR count). The van der Waals surface area contributed by atoms with Gasteiger partial charge >= 0.3 is 0 Å². The van der Waals surface area contributed by atoms with Gasteiger partial charge < -0.3 is 15.2 Å². The molecule has 142 valence electrons. The molecular formula is C21H20N4O3. The zero-order valence-corrected chi connectivity index (χ0v) is 15.5. The summed E-state index contributed by atoms with van der Waals surface area (Å²) >= 11 is 0. The van der Waals surface area contributed by atoms with Crippen molar-refractivity contribution < 1.29 is 9.59 Å². The topological polar surface area (TPSA) is 98.3 Å². The van der Waals surface area contributed by atoms with E-state index in [0.717, 1.165) is 5.56 Å². The van der Waals surface area contributed by atoms with Gasteiger partial charge in [0.15, 0.2) is 0 Å². The van der Waals surface area contributed by atoms with Crippen LogP contribution in [-0.4, -0.2) is 39.4 Å². The second-order valence-electron chi connectivity index (χ2n) is 7.36. The van der Waals surface area contributed by atoms with Gasteiger partial charge in [0.25, 0.3) is 11.5 Å². The molecule has 1 aliphatic heterocycles. The van der Waals surface area contributed by atoms with Crippen molar-refractivity contribution in [1.29, 1.82) is 0 Å². The number of carbonyl (C=O) groups excluding carboxylic acids is 2. The van der Waals surface area contributed by atoms with Crippen LogP contribution >= 0.6 is 0 Å². The molecule has 1 fully saturated rings. The first kappa shape index (κ1) is 17.9. The van der Waals surface area contributed by atoms with Gasteiger partial charge in [0.2, 0.25) is 5.91 Å². The van der Waals surface area contributed by atoms with Gasteiger partial charge in [0.1, 0.15) is 0 Å². The molecule has 0 saturated carbocycles. The van der Waals surface area contributed by atoms with E-state index in [1.807, 2.05) is 30.3 Å². The first-order valence-electron chi connectivity index (χ1n) is 8.98. The Bertz CT molecular complexity index is 1130. The number of carbonyl (C=O) groups is 2. The maximum absolute atomic E-state index is 12.8. The van der Waals surface area contributed by atoms with E-state index >= 15 is 0 Å². The molecule has 1 aromatic heterocycles. The fraction of sp³-hybridized carbons (Fsp3) is 0.238. The number of likely N-dealkylation sites (tertiary alicyclic amines) is 1. The average molecular weight is 376 g/mol. The minimum Gasteiger partial charge on any atom is -0.369 e. The van der Waals surface area contributed by atoms with E-state index in [0.29, 0.717) is 22.9 Å². The Balaban J connectivity index is 1.55. The van der Waals surface area contributed by atoms with Gasteiger partial charge in [-0.05, 0) is 30.2 Å². The number of primary amides is 1. The molecule has 0 spiro atoms. The number of amides is 2. The van der Waals surface area contributed by atoms with E-state index < -0.39 is 11.3 Å². The minimum absolute atomic E-state index is 0.163. The molecule has 7 nitrogen and oxygen atoms in total. The third-order valence-electron chi connectivity index (χ3n) is 5.35. The number of fused-ring (bicyclic) bond motifs is 1.